The van der Waals surface area contributed by atoms with Crippen LogP contribution in [0.15, 0.2) is 358 Å². The smallest absolute Gasteiger partial charge is 0.238 e. The van der Waals surface area contributed by atoms with E-state index in [-0.39, 0.29) is 13.7 Å². The Bertz CT molecular complexity index is 6630. The second-order valence-electron chi connectivity index (χ2n) is 27.3. The molecule has 0 spiro atoms. The Kier molecular flexibility index (Phi) is 16.5. The van der Waals surface area contributed by atoms with Crippen LogP contribution in [0.25, 0.3) is 179 Å². The van der Waals surface area contributed by atoms with Crippen LogP contribution in [-0.2, 0) is 0 Å². The fraction of sp³-hybridized carbons (Fsp3) is 0.0204. The average molecular weight is 1400 g/mol. The van der Waals surface area contributed by atoms with E-state index in [1.54, 1.807) is 0 Å². The molecule has 0 aliphatic heterocycles. The van der Waals surface area contributed by atoms with E-state index in [2.05, 4.69) is 304 Å². The standard InChI is InChI=1S/C49H30N4.C28H19N.C21H14ClN3.BH4/c1-3-14-31(15-4-1)32-26-28-34(29-27-32)48-50-47(33-16-5-2-6-17-33)51-49(52-48)53-43-25-12-11-22-40(43)46-41-24-13-23-39-37-20-9-7-18-35(37)36-19-8-10-21-38(36)42(45(39)41)30-44(46)53;1-3-10-19-17(8-1)18-9-2-4-11-20(18)24-16-26-28(22-12-5-6-15-25(22)29-26)23-14-7-13-21(19)27(23)24;22-21-24-19(17-9-5-2-6-10-17)23-20(25-21)18-13-11-16(12-14-18)15-7-3-1-4-8-15;/h1-30H;1-16,21,27,29H;1-14H;1H4/q;;;-1. The first-order valence-electron chi connectivity index (χ1n) is 36.2. The number of aromatic amines is 1. The van der Waals surface area contributed by atoms with Gasteiger partial charge in [-0.2, -0.15) is 19.9 Å². The van der Waals surface area contributed by atoms with Crippen molar-refractivity contribution in [3.05, 3.63) is 386 Å². The number of nitrogens with zero attached hydrogens (tertiary/aromatic N) is 7. The van der Waals surface area contributed by atoms with E-state index in [0.717, 1.165) is 49.8 Å². The maximum Gasteiger partial charge on any atom is 0.238 e. The first-order valence-corrected chi connectivity index (χ1v) is 36.6. The summed E-state index contributed by atoms with van der Waals surface area (Å²) < 4.78 is 2.24. The normalized spacial score (nSPS) is 13.8. The number of hydrogen-bond donors (Lipinski definition) is 1. The highest BCUT2D eigenvalue weighted by Gasteiger charge is 2.40. The summed E-state index contributed by atoms with van der Waals surface area (Å²) in [6, 6.07) is 119. The molecule has 0 fully saturated rings. The molecule has 0 bridgehead atoms. The number of H-pyrrole nitrogens is 1. The highest BCUT2D eigenvalue weighted by atomic mass is 35.5. The quantitative estimate of drug-likeness (QED) is 0.160. The summed E-state index contributed by atoms with van der Waals surface area (Å²) in [4.78, 5) is 32.4. The predicted octanol–water partition coefficient (Wildman–Crippen LogP) is 23.6. The lowest BCUT2D eigenvalue weighted by Gasteiger charge is -2.34. The second kappa shape index (κ2) is 27.4. The molecule has 2 unspecified atom stereocenters. The molecule has 2 atom stereocenters. The second-order valence-corrected chi connectivity index (χ2v) is 27.7. The Labute approximate surface area is 631 Å². The number of hydrogen-bond acceptors (Lipinski definition) is 6. The van der Waals surface area contributed by atoms with Gasteiger partial charge in [-0.3, -0.25) is 4.57 Å². The molecule has 510 valence electrons. The molecule has 8 nitrogen and oxygen atoms in total. The van der Waals surface area contributed by atoms with Gasteiger partial charge < -0.3 is 4.98 Å². The van der Waals surface area contributed by atoms with Gasteiger partial charge in [0, 0.05) is 67.0 Å². The van der Waals surface area contributed by atoms with Gasteiger partial charge in [0.05, 0.1) is 11.0 Å². The third-order valence-electron chi connectivity index (χ3n) is 21.3. The largest absolute Gasteiger partial charge is 0.354 e. The number of allylic oxidation sites excluding steroid dienone is 5. The van der Waals surface area contributed by atoms with Crippen molar-refractivity contribution in [2.24, 2.45) is 5.92 Å². The molecule has 1 N–H and O–H groups in total. The monoisotopic (exact) mass is 1400 g/mol. The molecule has 0 saturated carbocycles. The van der Waals surface area contributed by atoms with Crippen LogP contribution in [0.4, 0.5) is 0 Å². The van der Waals surface area contributed by atoms with Gasteiger partial charge in [-0.25, -0.2) is 9.97 Å². The van der Waals surface area contributed by atoms with Crippen molar-refractivity contribution < 1.29 is 0 Å². The minimum Gasteiger partial charge on any atom is -0.354 e. The average Bonchev–Trinajstić information content (AvgIpc) is 1.55. The maximum absolute atomic E-state index is 6.11. The summed E-state index contributed by atoms with van der Waals surface area (Å²) in [5, 5.41) is 6.34. The van der Waals surface area contributed by atoms with Crippen LogP contribution < -0.4 is 0 Å². The molecule has 18 aromatic rings. The van der Waals surface area contributed by atoms with Crippen molar-refractivity contribution >= 4 is 80.7 Å². The fourth-order valence-corrected chi connectivity index (χ4v) is 16.7. The number of nitrogens with one attached hydrogen (secondary N) is 1. The number of rotatable bonds is 7. The molecule has 4 aliphatic carbocycles. The van der Waals surface area contributed by atoms with E-state index in [1.165, 1.54) is 116 Å². The van der Waals surface area contributed by atoms with E-state index in [0.29, 0.717) is 41.1 Å². The molecule has 4 heterocycles. The fourth-order valence-electron chi connectivity index (χ4n) is 16.5. The van der Waals surface area contributed by atoms with Crippen molar-refractivity contribution in [1.29, 1.82) is 0 Å². The van der Waals surface area contributed by atoms with E-state index >= 15 is 0 Å². The van der Waals surface area contributed by atoms with Crippen LogP contribution in [-0.4, -0.2) is 47.9 Å². The SMILES string of the molecule is C1=CC2c3ccccc3-c3ccccc3C3=Cc4[nH]c5ccccc5c4C(=C1)C32.Clc1nc(-c2ccccc2)nc(-c2ccc(-c3ccccc3)cc2)n1.[BH4-].c1ccc(-c2ccc(-c3nc(-c4ccccc4)nc(-n4c5ccccc5c5c6cccc7c6c(cc54)-c4ccccc4-c4ccccc4-7)n3)cc2)cc1. The van der Waals surface area contributed by atoms with Gasteiger partial charge >= 0.3 is 0 Å². The third-order valence-corrected chi connectivity index (χ3v) is 21.5. The van der Waals surface area contributed by atoms with Gasteiger partial charge in [0.2, 0.25) is 11.2 Å². The van der Waals surface area contributed by atoms with Crippen molar-refractivity contribution in [2.75, 3.05) is 0 Å². The third kappa shape index (κ3) is 11.3. The Morgan fingerprint density at radius 3 is 1.31 bits per heavy atom. The number of para-hydroxylation sites is 2. The lowest BCUT2D eigenvalue weighted by atomic mass is 9.69. The summed E-state index contributed by atoms with van der Waals surface area (Å²) in [6.07, 6.45) is 9.41. The van der Waals surface area contributed by atoms with Crippen molar-refractivity contribution in [2.45, 2.75) is 5.92 Å². The van der Waals surface area contributed by atoms with Gasteiger partial charge in [-0.1, -0.05) is 348 Å². The molecule has 14 aromatic carbocycles. The molecule has 4 aromatic heterocycles. The molecular weight excluding hydrogens is 1340 g/mol. The molecular formula is C98H67BClN8-. The van der Waals surface area contributed by atoms with E-state index < -0.39 is 0 Å². The van der Waals surface area contributed by atoms with Crippen LogP contribution >= 0.6 is 11.6 Å². The van der Waals surface area contributed by atoms with Crippen molar-refractivity contribution in [3.63, 3.8) is 0 Å². The number of aromatic nitrogens is 8. The van der Waals surface area contributed by atoms with Crippen molar-refractivity contribution in [1.82, 2.24) is 39.5 Å². The zero-order valence-corrected chi connectivity index (χ0v) is 58.6. The first kappa shape index (κ1) is 65.1. The lowest BCUT2D eigenvalue weighted by molar-refractivity contribution is 0.739. The van der Waals surface area contributed by atoms with Gasteiger partial charge in [-0.05, 0) is 136 Å². The van der Waals surface area contributed by atoms with Gasteiger partial charge in [0.25, 0.3) is 0 Å². The van der Waals surface area contributed by atoms with E-state index in [4.69, 9.17) is 26.6 Å². The highest BCUT2D eigenvalue weighted by molar-refractivity contribution is 6.29. The first-order chi connectivity index (χ1) is 53.0. The molecule has 0 saturated heterocycles. The van der Waals surface area contributed by atoms with Crippen LogP contribution in [0.3, 0.4) is 0 Å². The molecule has 10 heteroatoms. The zero-order chi connectivity index (χ0) is 70.9. The number of fused-ring (bicyclic) bond motifs is 18. The Morgan fingerprint density at radius 2 is 0.731 bits per heavy atom. The Morgan fingerprint density at radius 1 is 0.315 bits per heavy atom. The lowest BCUT2D eigenvalue weighted by Crippen LogP contribution is -2.19. The summed E-state index contributed by atoms with van der Waals surface area (Å²) in [7, 11) is 0. The molecule has 22 rings (SSSR count). The highest BCUT2D eigenvalue weighted by Crippen LogP contribution is 2.58. The molecule has 0 amide bonds. The van der Waals surface area contributed by atoms with E-state index in [9.17, 15) is 0 Å². The topological polar surface area (TPSA) is 98.1 Å². The summed E-state index contributed by atoms with van der Waals surface area (Å²) in [5.41, 5.74) is 30.0. The Hall–Kier alpha value is -13.7. The van der Waals surface area contributed by atoms with Crippen LogP contribution in [0.5, 0.6) is 0 Å². The summed E-state index contributed by atoms with van der Waals surface area (Å²) in [6.45, 7) is 0. The van der Waals surface area contributed by atoms with Gasteiger partial charge in [0.15, 0.2) is 23.3 Å². The molecule has 0 radical (unpaired) electrons. The maximum atomic E-state index is 6.11. The number of halogens is 1. The molecule has 108 heavy (non-hydrogen) atoms. The predicted molar refractivity (Wildman–Crippen MR) is 452 cm³/mol. The molecule has 4 aliphatic rings. The van der Waals surface area contributed by atoms with Crippen LogP contribution in [0.1, 0.15) is 28.3 Å². The van der Waals surface area contributed by atoms with Gasteiger partial charge in [0.1, 0.15) is 0 Å². The van der Waals surface area contributed by atoms with Crippen molar-refractivity contribution in [3.8, 4) is 118 Å². The van der Waals surface area contributed by atoms with Crippen LogP contribution in [0, 0.1) is 5.92 Å². The Balaban J connectivity index is 0.000000121. The summed E-state index contributed by atoms with van der Waals surface area (Å²) >= 11 is 6.11. The minimum absolute atomic E-state index is 0. The summed E-state index contributed by atoms with van der Waals surface area (Å²) in [5.74, 6) is 3.68. The van der Waals surface area contributed by atoms with E-state index in [1.807, 2.05) is 84.9 Å². The minimum atomic E-state index is 0. The zero-order valence-electron chi connectivity index (χ0n) is 57.8. The van der Waals surface area contributed by atoms with Crippen LogP contribution in [0.2, 0.25) is 5.28 Å². The van der Waals surface area contributed by atoms with Gasteiger partial charge in [-0.15, -0.1) is 0 Å². The number of benzene rings is 14.